The SMILES string of the molecule is CC(C)CSCc1ccc(F)c(C(=O)O)c1. The Bertz CT molecular complexity index is 377. The molecule has 1 N–H and O–H groups in total. The summed E-state index contributed by atoms with van der Waals surface area (Å²) >= 11 is 1.73. The molecule has 1 aromatic rings. The molecule has 0 saturated carbocycles. The molecule has 0 spiro atoms. The Labute approximate surface area is 98.9 Å². The number of carboxylic acid groups (broad SMARTS) is 1. The van der Waals surface area contributed by atoms with Crippen molar-refractivity contribution in [3.05, 3.63) is 35.1 Å². The first-order chi connectivity index (χ1) is 7.50. The first-order valence-electron chi connectivity index (χ1n) is 5.10. The summed E-state index contributed by atoms with van der Waals surface area (Å²) in [6, 6.07) is 4.26. The van der Waals surface area contributed by atoms with Crippen molar-refractivity contribution in [1.29, 1.82) is 0 Å². The zero-order valence-electron chi connectivity index (χ0n) is 9.37. The lowest BCUT2D eigenvalue weighted by atomic mass is 10.1. The first-order valence-corrected chi connectivity index (χ1v) is 6.25. The van der Waals surface area contributed by atoms with Crippen LogP contribution in [0.1, 0.15) is 29.8 Å². The fourth-order valence-corrected chi connectivity index (χ4v) is 2.24. The number of benzene rings is 1. The van der Waals surface area contributed by atoms with Gasteiger partial charge in [-0.25, -0.2) is 9.18 Å². The van der Waals surface area contributed by atoms with Gasteiger partial charge in [0.15, 0.2) is 0 Å². The van der Waals surface area contributed by atoms with Crippen LogP contribution >= 0.6 is 11.8 Å². The molecule has 0 fully saturated rings. The smallest absolute Gasteiger partial charge is 0.338 e. The molecular weight excluding hydrogens is 227 g/mol. The van der Waals surface area contributed by atoms with Crippen molar-refractivity contribution in [3.63, 3.8) is 0 Å². The summed E-state index contributed by atoms with van der Waals surface area (Å²) in [6.07, 6.45) is 0. The molecule has 0 aliphatic rings. The summed E-state index contributed by atoms with van der Waals surface area (Å²) < 4.78 is 13.1. The summed E-state index contributed by atoms with van der Waals surface area (Å²) in [6.45, 7) is 4.25. The van der Waals surface area contributed by atoms with Crippen molar-refractivity contribution in [2.45, 2.75) is 19.6 Å². The van der Waals surface area contributed by atoms with E-state index in [1.54, 1.807) is 17.8 Å². The van der Waals surface area contributed by atoms with Crippen molar-refractivity contribution in [1.82, 2.24) is 0 Å². The Morgan fingerprint density at radius 2 is 2.19 bits per heavy atom. The maximum absolute atomic E-state index is 13.1. The molecule has 0 aromatic heterocycles. The number of halogens is 1. The van der Waals surface area contributed by atoms with E-state index in [2.05, 4.69) is 13.8 Å². The molecule has 0 amide bonds. The van der Waals surface area contributed by atoms with Gasteiger partial charge in [-0.3, -0.25) is 0 Å². The molecule has 2 nitrogen and oxygen atoms in total. The van der Waals surface area contributed by atoms with E-state index in [1.807, 2.05) is 0 Å². The van der Waals surface area contributed by atoms with Gasteiger partial charge >= 0.3 is 5.97 Å². The monoisotopic (exact) mass is 242 g/mol. The fraction of sp³-hybridized carbons (Fsp3) is 0.417. The molecule has 0 aliphatic carbocycles. The Morgan fingerprint density at radius 1 is 1.50 bits per heavy atom. The molecule has 0 aliphatic heterocycles. The molecule has 88 valence electrons. The van der Waals surface area contributed by atoms with Gasteiger partial charge in [0.2, 0.25) is 0 Å². The molecular formula is C12H15FO2S. The van der Waals surface area contributed by atoms with Crippen LogP contribution in [0.2, 0.25) is 0 Å². The van der Waals surface area contributed by atoms with Crippen LogP contribution < -0.4 is 0 Å². The Hall–Kier alpha value is -1.03. The minimum atomic E-state index is -1.21. The van der Waals surface area contributed by atoms with Crippen LogP contribution in [0, 0.1) is 11.7 Å². The topological polar surface area (TPSA) is 37.3 Å². The van der Waals surface area contributed by atoms with Gasteiger partial charge in [-0.15, -0.1) is 0 Å². The van der Waals surface area contributed by atoms with Crippen LogP contribution in [-0.2, 0) is 5.75 Å². The van der Waals surface area contributed by atoms with Crippen molar-refractivity contribution in [2.24, 2.45) is 5.92 Å². The zero-order chi connectivity index (χ0) is 12.1. The Morgan fingerprint density at radius 3 is 2.75 bits per heavy atom. The second kappa shape index (κ2) is 5.89. The third kappa shape index (κ3) is 3.85. The number of hydrogen-bond donors (Lipinski definition) is 1. The summed E-state index contributed by atoms with van der Waals surface area (Å²) in [7, 11) is 0. The van der Waals surface area contributed by atoms with E-state index in [-0.39, 0.29) is 5.56 Å². The van der Waals surface area contributed by atoms with Gasteiger partial charge < -0.3 is 5.11 Å². The predicted octanol–water partition coefficient (Wildman–Crippen LogP) is 3.41. The standard InChI is InChI=1S/C12H15FO2S/c1-8(2)6-16-7-9-3-4-11(13)10(5-9)12(14)15/h3-5,8H,6-7H2,1-2H3,(H,14,15). The van der Waals surface area contributed by atoms with E-state index in [0.717, 1.165) is 17.1 Å². The second-order valence-electron chi connectivity index (χ2n) is 4.03. The van der Waals surface area contributed by atoms with Crippen LogP contribution in [0.4, 0.5) is 4.39 Å². The molecule has 0 unspecified atom stereocenters. The highest BCUT2D eigenvalue weighted by atomic mass is 32.2. The third-order valence-corrected chi connectivity index (χ3v) is 3.42. The van der Waals surface area contributed by atoms with Gasteiger partial charge in [0.25, 0.3) is 0 Å². The Kier molecular flexibility index (Phi) is 4.80. The number of carbonyl (C=O) groups is 1. The minimum absolute atomic E-state index is 0.248. The van der Waals surface area contributed by atoms with E-state index in [4.69, 9.17) is 5.11 Å². The van der Waals surface area contributed by atoms with Crippen LogP contribution in [0.25, 0.3) is 0 Å². The van der Waals surface area contributed by atoms with Crippen LogP contribution in [0.3, 0.4) is 0 Å². The fourth-order valence-electron chi connectivity index (χ4n) is 1.24. The molecule has 0 heterocycles. The van der Waals surface area contributed by atoms with E-state index < -0.39 is 11.8 Å². The zero-order valence-corrected chi connectivity index (χ0v) is 10.2. The second-order valence-corrected chi connectivity index (χ2v) is 5.06. The molecule has 1 aromatic carbocycles. The molecule has 0 radical (unpaired) electrons. The lowest BCUT2D eigenvalue weighted by Crippen LogP contribution is -2.01. The lowest BCUT2D eigenvalue weighted by Gasteiger charge is -2.06. The highest BCUT2D eigenvalue weighted by Gasteiger charge is 2.10. The number of hydrogen-bond acceptors (Lipinski definition) is 2. The number of rotatable bonds is 5. The largest absolute Gasteiger partial charge is 0.478 e. The van der Waals surface area contributed by atoms with Gasteiger partial charge in [0, 0.05) is 5.75 Å². The maximum atomic E-state index is 13.1. The number of aromatic carboxylic acids is 1. The van der Waals surface area contributed by atoms with Gasteiger partial charge in [-0.1, -0.05) is 19.9 Å². The van der Waals surface area contributed by atoms with E-state index in [1.165, 1.54) is 12.1 Å². The van der Waals surface area contributed by atoms with Crippen LogP contribution in [-0.4, -0.2) is 16.8 Å². The highest BCUT2D eigenvalue weighted by molar-refractivity contribution is 7.98. The number of thioether (sulfide) groups is 1. The van der Waals surface area contributed by atoms with E-state index in [9.17, 15) is 9.18 Å². The lowest BCUT2D eigenvalue weighted by molar-refractivity contribution is 0.0692. The minimum Gasteiger partial charge on any atom is -0.478 e. The normalized spacial score (nSPS) is 10.8. The molecule has 16 heavy (non-hydrogen) atoms. The molecule has 0 atom stereocenters. The van der Waals surface area contributed by atoms with Crippen molar-refractivity contribution < 1.29 is 14.3 Å². The molecule has 0 saturated heterocycles. The summed E-state index contributed by atoms with van der Waals surface area (Å²) in [5, 5.41) is 8.76. The highest BCUT2D eigenvalue weighted by Crippen LogP contribution is 2.18. The predicted molar refractivity (Wildman–Crippen MR) is 64.4 cm³/mol. The Balaban J connectivity index is 2.68. The van der Waals surface area contributed by atoms with Gasteiger partial charge in [0.05, 0.1) is 5.56 Å². The van der Waals surface area contributed by atoms with Gasteiger partial charge in [0.1, 0.15) is 5.82 Å². The van der Waals surface area contributed by atoms with Crippen LogP contribution in [0.15, 0.2) is 18.2 Å². The summed E-state index contributed by atoms with van der Waals surface area (Å²) in [5.41, 5.74) is 0.604. The summed E-state index contributed by atoms with van der Waals surface area (Å²) in [4.78, 5) is 10.7. The quantitative estimate of drug-likeness (QED) is 0.859. The van der Waals surface area contributed by atoms with Gasteiger partial charge in [-0.05, 0) is 29.4 Å². The summed E-state index contributed by atoms with van der Waals surface area (Å²) in [5.74, 6) is 0.445. The van der Waals surface area contributed by atoms with Crippen molar-refractivity contribution in [3.8, 4) is 0 Å². The van der Waals surface area contributed by atoms with Crippen molar-refractivity contribution in [2.75, 3.05) is 5.75 Å². The number of carboxylic acids is 1. The van der Waals surface area contributed by atoms with Crippen molar-refractivity contribution >= 4 is 17.7 Å². The molecule has 0 bridgehead atoms. The molecule has 1 rings (SSSR count). The van der Waals surface area contributed by atoms with E-state index in [0.29, 0.717) is 5.92 Å². The average molecular weight is 242 g/mol. The maximum Gasteiger partial charge on any atom is 0.338 e. The van der Waals surface area contributed by atoms with Gasteiger partial charge in [-0.2, -0.15) is 11.8 Å². The van der Waals surface area contributed by atoms with Crippen LogP contribution in [0.5, 0.6) is 0 Å². The average Bonchev–Trinajstić information content (AvgIpc) is 2.19. The molecule has 4 heteroatoms. The van der Waals surface area contributed by atoms with E-state index >= 15 is 0 Å². The third-order valence-electron chi connectivity index (χ3n) is 1.98. The first kappa shape index (κ1) is 13.0.